The number of carbonyl (C=O) groups excluding carboxylic acids is 2. The van der Waals surface area contributed by atoms with Gasteiger partial charge in [-0.25, -0.2) is 0 Å². The van der Waals surface area contributed by atoms with E-state index in [1.807, 2.05) is 4.90 Å². The lowest BCUT2D eigenvalue weighted by Crippen LogP contribution is -2.69. The first kappa shape index (κ1) is 11.7. The first-order chi connectivity index (χ1) is 7.46. The van der Waals surface area contributed by atoms with Crippen LogP contribution in [0.1, 0.15) is 13.8 Å². The fraction of sp³-hybridized carbons (Fsp3) is 0.800. The molecule has 2 saturated heterocycles. The van der Waals surface area contributed by atoms with E-state index in [1.54, 1.807) is 30.5 Å². The fourth-order valence-corrected chi connectivity index (χ4v) is 3.69. The predicted molar refractivity (Wildman–Crippen MR) is 62.8 cm³/mol. The van der Waals surface area contributed by atoms with Crippen molar-refractivity contribution in [2.45, 2.75) is 24.8 Å². The van der Waals surface area contributed by atoms with Gasteiger partial charge in [-0.05, 0) is 6.92 Å². The van der Waals surface area contributed by atoms with Gasteiger partial charge in [0.25, 0.3) is 0 Å². The monoisotopic (exact) mass is 243 g/mol. The second kappa shape index (κ2) is 3.92. The minimum atomic E-state index is -0.457. The Bertz CT molecular complexity index is 326. The van der Waals surface area contributed by atoms with Crippen molar-refractivity contribution in [1.82, 2.24) is 9.80 Å². The normalized spacial score (nSPS) is 24.4. The van der Waals surface area contributed by atoms with E-state index < -0.39 is 6.04 Å². The molecule has 5 nitrogen and oxygen atoms in total. The fourth-order valence-electron chi connectivity index (χ4n) is 2.20. The van der Waals surface area contributed by atoms with E-state index in [-0.39, 0.29) is 16.7 Å². The third kappa shape index (κ3) is 1.69. The summed E-state index contributed by atoms with van der Waals surface area (Å²) in [6, 6.07) is -0.457. The number of rotatable bonds is 1. The zero-order valence-electron chi connectivity index (χ0n) is 9.60. The van der Waals surface area contributed by atoms with E-state index in [0.29, 0.717) is 13.1 Å². The van der Waals surface area contributed by atoms with Crippen LogP contribution in [0.2, 0.25) is 0 Å². The lowest BCUT2D eigenvalue weighted by Gasteiger charge is -2.51. The molecule has 16 heavy (non-hydrogen) atoms. The Balaban J connectivity index is 2.06. The molecular formula is C10H17N3O2S. The van der Waals surface area contributed by atoms with E-state index in [9.17, 15) is 9.59 Å². The SMILES string of the molecule is CC(=O)N1CC2(C1)SCCN2C(=O)[C@H](C)N. The molecule has 2 heterocycles. The van der Waals surface area contributed by atoms with Gasteiger partial charge in [0.15, 0.2) is 0 Å². The van der Waals surface area contributed by atoms with Gasteiger partial charge in [0.1, 0.15) is 4.87 Å². The van der Waals surface area contributed by atoms with Crippen LogP contribution in [0.25, 0.3) is 0 Å². The third-order valence-corrected chi connectivity index (χ3v) is 4.56. The summed E-state index contributed by atoms with van der Waals surface area (Å²) in [5.74, 6) is 1.00. The first-order valence-corrected chi connectivity index (χ1v) is 6.41. The molecule has 2 aliphatic rings. The predicted octanol–water partition coefficient (Wildman–Crippen LogP) is -0.533. The molecule has 2 aliphatic heterocycles. The molecule has 90 valence electrons. The summed E-state index contributed by atoms with van der Waals surface area (Å²) in [6.07, 6.45) is 0. The zero-order chi connectivity index (χ0) is 11.9. The second-order valence-electron chi connectivity index (χ2n) is 4.45. The van der Waals surface area contributed by atoms with Gasteiger partial charge in [0.2, 0.25) is 11.8 Å². The molecular weight excluding hydrogens is 226 g/mol. The van der Waals surface area contributed by atoms with Gasteiger partial charge >= 0.3 is 0 Å². The van der Waals surface area contributed by atoms with Crippen molar-refractivity contribution in [2.75, 3.05) is 25.4 Å². The summed E-state index contributed by atoms with van der Waals surface area (Å²) >= 11 is 1.76. The van der Waals surface area contributed by atoms with Crippen molar-refractivity contribution in [3.8, 4) is 0 Å². The van der Waals surface area contributed by atoms with Crippen LogP contribution in [0.5, 0.6) is 0 Å². The largest absolute Gasteiger partial charge is 0.336 e. The number of nitrogens with zero attached hydrogens (tertiary/aromatic N) is 2. The van der Waals surface area contributed by atoms with E-state index in [2.05, 4.69) is 0 Å². The van der Waals surface area contributed by atoms with Gasteiger partial charge in [-0.1, -0.05) is 0 Å². The molecule has 0 radical (unpaired) electrons. The van der Waals surface area contributed by atoms with Gasteiger partial charge in [-0.3, -0.25) is 9.59 Å². The van der Waals surface area contributed by atoms with E-state index in [0.717, 1.165) is 12.3 Å². The molecule has 0 aromatic rings. The summed E-state index contributed by atoms with van der Waals surface area (Å²) in [4.78, 5) is 26.5. The van der Waals surface area contributed by atoms with E-state index in [1.165, 1.54) is 0 Å². The molecule has 2 fully saturated rings. The van der Waals surface area contributed by atoms with E-state index >= 15 is 0 Å². The minimum absolute atomic E-state index is 0.00629. The number of nitrogens with two attached hydrogens (primary N) is 1. The molecule has 1 spiro atoms. The maximum atomic E-state index is 11.9. The van der Waals surface area contributed by atoms with Gasteiger partial charge in [0.05, 0.1) is 19.1 Å². The summed E-state index contributed by atoms with van der Waals surface area (Å²) in [5, 5.41) is 0. The molecule has 0 bridgehead atoms. The van der Waals surface area contributed by atoms with Crippen molar-refractivity contribution in [2.24, 2.45) is 5.73 Å². The van der Waals surface area contributed by atoms with Crippen LogP contribution >= 0.6 is 11.8 Å². The Morgan fingerprint density at radius 1 is 1.44 bits per heavy atom. The molecule has 6 heteroatoms. The number of amides is 2. The summed E-state index contributed by atoms with van der Waals surface area (Å²) < 4.78 is 0. The standard InChI is InChI=1S/C10H17N3O2S/c1-7(11)9(15)13-3-4-16-10(13)5-12(6-10)8(2)14/h7H,3-6,11H2,1-2H3/t7-/m0/s1. The Hall–Kier alpha value is -0.750. The van der Waals surface area contributed by atoms with Gasteiger partial charge in [-0.2, -0.15) is 0 Å². The third-order valence-electron chi connectivity index (χ3n) is 3.15. The number of hydrogen-bond acceptors (Lipinski definition) is 4. The van der Waals surface area contributed by atoms with Crippen LogP contribution in [0, 0.1) is 0 Å². The van der Waals surface area contributed by atoms with Gasteiger partial charge in [0, 0.05) is 19.2 Å². The highest BCUT2D eigenvalue weighted by molar-refractivity contribution is 8.01. The molecule has 0 saturated carbocycles. The Morgan fingerprint density at radius 2 is 2.06 bits per heavy atom. The van der Waals surface area contributed by atoms with Crippen LogP contribution in [-0.4, -0.2) is 57.9 Å². The summed E-state index contributed by atoms with van der Waals surface area (Å²) in [5.41, 5.74) is 5.63. The molecule has 1 atom stereocenters. The summed E-state index contributed by atoms with van der Waals surface area (Å²) in [7, 11) is 0. The molecule has 0 aliphatic carbocycles. The van der Waals surface area contributed by atoms with E-state index in [4.69, 9.17) is 5.73 Å². The van der Waals surface area contributed by atoms with Crippen LogP contribution in [-0.2, 0) is 9.59 Å². The maximum absolute atomic E-state index is 11.9. The topological polar surface area (TPSA) is 66.6 Å². The molecule has 0 aromatic heterocycles. The Labute approximate surface area is 99.3 Å². The smallest absolute Gasteiger partial charge is 0.240 e. The average Bonchev–Trinajstić information content (AvgIpc) is 2.57. The number of likely N-dealkylation sites (tertiary alicyclic amines) is 1. The Kier molecular flexibility index (Phi) is 2.88. The highest BCUT2D eigenvalue weighted by Gasteiger charge is 2.54. The van der Waals surface area contributed by atoms with Gasteiger partial charge < -0.3 is 15.5 Å². The lowest BCUT2D eigenvalue weighted by molar-refractivity contribution is -0.147. The van der Waals surface area contributed by atoms with Gasteiger partial charge in [-0.15, -0.1) is 11.8 Å². The van der Waals surface area contributed by atoms with Crippen molar-refractivity contribution in [1.29, 1.82) is 0 Å². The minimum Gasteiger partial charge on any atom is -0.336 e. The number of thioether (sulfide) groups is 1. The Morgan fingerprint density at radius 3 is 2.56 bits per heavy atom. The molecule has 0 aromatic carbocycles. The summed E-state index contributed by atoms with van der Waals surface area (Å²) in [6.45, 7) is 5.30. The molecule has 0 unspecified atom stereocenters. The zero-order valence-corrected chi connectivity index (χ0v) is 10.4. The molecule has 2 amide bonds. The quantitative estimate of drug-likeness (QED) is 0.672. The molecule has 2 N–H and O–H groups in total. The number of hydrogen-bond donors (Lipinski definition) is 1. The molecule has 2 rings (SSSR count). The number of carbonyl (C=O) groups is 2. The van der Waals surface area contributed by atoms with Crippen molar-refractivity contribution in [3.05, 3.63) is 0 Å². The highest BCUT2D eigenvalue weighted by Crippen LogP contribution is 2.43. The van der Waals surface area contributed by atoms with Crippen molar-refractivity contribution in [3.63, 3.8) is 0 Å². The van der Waals surface area contributed by atoms with Crippen LogP contribution < -0.4 is 5.73 Å². The van der Waals surface area contributed by atoms with Crippen LogP contribution in [0.4, 0.5) is 0 Å². The van der Waals surface area contributed by atoms with Crippen LogP contribution in [0.15, 0.2) is 0 Å². The van der Waals surface area contributed by atoms with Crippen molar-refractivity contribution < 1.29 is 9.59 Å². The highest BCUT2D eigenvalue weighted by atomic mass is 32.2. The maximum Gasteiger partial charge on any atom is 0.240 e. The first-order valence-electron chi connectivity index (χ1n) is 5.43. The van der Waals surface area contributed by atoms with Crippen molar-refractivity contribution >= 4 is 23.6 Å². The lowest BCUT2D eigenvalue weighted by atomic mass is 10.1. The average molecular weight is 243 g/mol. The van der Waals surface area contributed by atoms with Crippen LogP contribution in [0.3, 0.4) is 0 Å². The second-order valence-corrected chi connectivity index (χ2v) is 5.91.